The van der Waals surface area contributed by atoms with E-state index in [-0.39, 0.29) is 12.5 Å². The number of nitrogens with one attached hydrogen (secondary N) is 1. The molecule has 0 bridgehead atoms. The normalized spacial score (nSPS) is 14.2. The maximum atomic E-state index is 11.8. The van der Waals surface area contributed by atoms with Crippen molar-refractivity contribution in [3.05, 3.63) is 28.2 Å². The first-order valence-corrected chi connectivity index (χ1v) is 7.78. The molecule has 0 aliphatic heterocycles. The summed E-state index contributed by atoms with van der Waals surface area (Å²) in [4.78, 5) is 13.5. The zero-order chi connectivity index (χ0) is 14.5. The topological polar surface area (TPSA) is 41.6 Å². The summed E-state index contributed by atoms with van der Waals surface area (Å²) >= 11 is 3.50. The van der Waals surface area contributed by atoms with Crippen LogP contribution in [0.3, 0.4) is 0 Å². The van der Waals surface area contributed by atoms with Crippen molar-refractivity contribution in [2.24, 2.45) is 0 Å². The number of carbonyl (C=O) groups is 1. The molecule has 0 aromatic heterocycles. The predicted molar refractivity (Wildman–Crippen MR) is 82.8 cm³/mol. The summed E-state index contributed by atoms with van der Waals surface area (Å²) in [6, 6.07) is 6.60. The van der Waals surface area contributed by atoms with Gasteiger partial charge < -0.3 is 15.0 Å². The fourth-order valence-corrected chi connectivity index (χ4v) is 2.34. The molecular formula is C15H21BrN2O2. The predicted octanol–water partition coefficient (Wildman–Crippen LogP) is 2.56. The molecule has 1 saturated carbocycles. The number of nitrogens with zero attached hydrogens (tertiary/aromatic N) is 1. The highest BCUT2D eigenvalue weighted by molar-refractivity contribution is 9.10. The first-order chi connectivity index (χ1) is 9.61. The number of benzene rings is 1. The quantitative estimate of drug-likeness (QED) is 0.829. The third-order valence-corrected chi connectivity index (χ3v) is 4.07. The molecule has 0 atom stereocenters. The van der Waals surface area contributed by atoms with Gasteiger partial charge in [-0.25, -0.2) is 0 Å². The second-order valence-corrected chi connectivity index (χ2v) is 5.93. The molecule has 1 N–H and O–H groups in total. The summed E-state index contributed by atoms with van der Waals surface area (Å²) in [6.07, 6.45) is 2.51. The van der Waals surface area contributed by atoms with Crippen LogP contribution in [0.4, 0.5) is 0 Å². The smallest absolute Gasteiger partial charge is 0.260 e. The fourth-order valence-electron chi connectivity index (χ4n) is 1.82. The van der Waals surface area contributed by atoms with E-state index in [1.165, 1.54) is 12.8 Å². The summed E-state index contributed by atoms with van der Waals surface area (Å²) in [5.41, 5.74) is 1.08. The molecule has 4 nitrogen and oxygen atoms in total. The first kappa shape index (κ1) is 15.3. The van der Waals surface area contributed by atoms with Crippen molar-refractivity contribution >= 4 is 21.8 Å². The van der Waals surface area contributed by atoms with Crippen molar-refractivity contribution in [2.75, 3.05) is 20.2 Å². The zero-order valence-electron chi connectivity index (χ0n) is 12.0. The number of carbonyl (C=O) groups excluding carboxylic acids is 1. The van der Waals surface area contributed by atoms with Gasteiger partial charge in [-0.3, -0.25) is 4.79 Å². The van der Waals surface area contributed by atoms with Crippen LogP contribution in [0.15, 0.2) is 22.7 Å². The molecule has 1 aromatic rings. The van der Waals surface area contributed by atoms with E-state index in [1.807, 2.05) is 25.1 Å². The lowest BCUT2D eigenvalue weighted by molar-refractivity contribution is -0.131. The van der Waals surface area contributed by atoms with Crippen molar-refractivity contribution in [1.29, 1.82) is 0 Å². The molecule has 1 aliphatic rings. The largest absolute Gasteiger partial charge is 0.482 e. The van der Waals surface area contributed by atoms with Gasteiger partial charge in [0, 0.05) is 31.7 Å². The summed E-state index contributed by atoms with van der Waals surface area (Å²) in [7, 11) is 1.78. The van der Waals surface area contributed by atoms with Crippen molar-refractivity contribution < 1.29 is 9.53 Å². The van der Waals surface area contributed by atoms with E-state index in [0.29, 0.717) is 12.6 Å². The summed E-state index contributed by atoms with van der Waals surface area (Å²) in [5, 5.41) is 3.47. The summed E-state index contributed by atoms with van der Waals surface area (Å²) in [6.45, 7) is 3.48. The molecular weight excluding hydrogens is 320 g/mol. The number of rotatable bonds is 7. The van der Waals surface area contributed by atoms with E-state index in [4.69, 9.17) is 4.74 Å². The van der Waals surface area contributed by atoms with E-state index in [1.54, 1.807) is 11.9 Å². The maximum absolute atomic E-state index is 11.8. The van der Waals surface area contributed by atoms with E-state index in [0.717, 1.165) is 22.3 Å². The number of para-hydroxylation sites is 1. The lowest BCUT2D eigenvalue weighted by Crippen LogP contribution is -2.31. The van der Waals surface area contributed by atoms with Gasteiger partial charge in [0.05, 0.1) is 4.47 Å². The molecule has 2 rings (SSSR count). The van der Waals surface area contributed by atoms with Crippen LogP contribution in [0, 0.1) is 0 Å². The maximum Gasteiger partial charge on any atom is 0.260 e. The number of hydrogen-bond acceptors (Lipinski definition) is 3. The Morgan fingerprint density at radius 3 is 2.90 bits per heavy atom. The van der Waals surface area contributed by atoms with E-state index < -0.39 is 0 Å². The Morgan fingerprint density at radius 1 is 1.50 bits per heavy atom. The molecule has 5 heteroatoms. The van der Waals surface area contributed by atoms with E-state index in [9.17, 15) is 4.79 Å². The molecule has 110 valence electrons. The Kier molecular flexibility index (Phi) is 5.43. The lowest BCUT2D eigenvalue weighted by atomic mass is 10.2. The minimum absolute atomic E-state index is 0.00986. The number of hydrogen-bond donors (Lipinski definition) is 1. The highest BCUT2D eigenvalue weighted by Crippen LogP contribution is 2.30. The van der Waals surface area contributed by atoms with Crippen LogP contribution < -0.4 is 10.1 Å². The summed E-state index contributed by atoms with van der Waals surface area (Å²) in [5.74, 6) is 0.753. The van der Waals surface area contributed by atoms with Crippen LogP contribution in [0.2, 0.25) is 0 Å². The van der Waals surface area contributed by atoms with Crippen molar-refractivity contribution in [1.82, 2.24) is 10.2 Å². The lowest BCUT2D eigenvalue weighted by Gasteiger charge is -2.17. The molecule has 1 aliphatic carbocycles. The molecule has 1 fully saturated rings. The van der Waals surface area contributed by atoms with Crippen LogP contribution in [0.1, 0.15) is 25.3 Å². The van der Waals surface area contributed by atoms with Gasteiger partial charge in [-0.1, -0.05) is 12.1 Å². The van der Waals surface area contributed by atoms with E-state index >= 15 is 0 Å². The molecule has 0 saturated heterocycles. The Labute approximate surface area is 128 Å². The summed E-state index contributed by atoms with van der Waals surface area (Å²) < 4.78 is 6.62. The van der Waals surface area contributed by atoms with Gasteiger partial charge in [-0.15, -0.1) is 0 Å². The van der Waals surface area contributed by atoms with Crippen molar-refractivity contribution in [3.8, 4) is 5.75 Å². The monoisotopic (exact) mass is 340 g/mol. The van der Waals surface area contributed by atoms with Gasteiger partial charge >= 0.3 is 0 Å². The van der Waals surface area contributed by atoms with Crippen molar-refractivity contribution in [2.45, 2.75) is 32.4 Å². The van der Waals surface area contributed by atoms with E-state index in [2.05, 4.69) is 21.2 Å². The Balaban J connectivity index is 1.99. The average molecular weight is 341 g/mol. The van der Waals surface area contributed by atoms with Gasteiger partial charge in [-0.05, 0) is 41.8 Å². The minimum Gasteiger partial charge on any atom is -0.482 e. The zero-order valence-corrected chi connectivity index (χ0v) is 13.6. The molecule has 0 unspecified atom stereocenters. The first-order valence-electron chi connectivity index (χ1n) is 6.99. The minimum atomic E-state index is -0.00986. The highest BCUT2D eigenvalue weighted by Gasteiger charge is 2.21. The highest BCUT2D eigenvalue weighted by atomic mass is 79.9. The van der Waals surface area contributed by atoms with Gasteiger partial charge in [-0.2, -0.15) is 0 Å². The third kappa shape index (κ3) is 4.21. The Morgan fingerprint density at radius 2 is 2.25 bits per heavy atom. The van der Waals surface area contributed by atoms with Gasteiger partial charge in [0.15, 0.2) is 6.61 Å². The fraction of sp³-hybridized carbons (Fsp3) is 0.533. The van der Waals surface area contributed by atoms with Gasteiger partial charge in [0.2, 0.25) is 0 Å². The standard InChI is InChI=1S/C15H21BrN2O2/c1-3-18(2)14(19)10-20-15-11(5-4-6-13(15)16)9-17-12-7-8-12/h4-6,12,17H,3,7-10H2,1-2H3. The van der Waals surface area contributed by atoms with Crippen LogP contribution in [-0.4, -0.2) is 37.0 Å². The van der Waals surface area contributed by atoms with Gasteiger partial charge in [0.25, 0.3) is 5.91 Å². The average Bonchev–Trinajstić information content (AvgIpc) is 3.27. The number of amides is 1. The molecule has 20 heavy (non-hydrogen) atoms. The Bertz CT molecular complexity index is 475. The number of halogens is 1. The number of ether oxygens (including phenoxy) is 1. The Hall–Kier alpha value is -1.07. The molecule has 1 amide bonds. The van der Waals surface area contributed by atoms with Crippen molar-refractivity contribution in [3.63, 3.8) is 0 Å². The molecule has 0 spiro atoms. The van der Waals surface area contributed by atoms with Crippen LogP contribution >= 0.6 is 15.9 Å². The SMILES string of the molecule is CCN(C)C(=O)COc1c(Br)cccc1CNC1CC1. The third-order valence-electron chi connectivity index (χ3n) is 3.45. The number of likely N-dealkylation sites (N-methyl/N-ethyl adjacent to an activating group) is 1. The molecule has 1 aromatic carbocycles. The van der Waals surface area contributed by atoms with Crippen LogP contribution in [-0.2, 0) is 11.3 Å². The molecule has 0 heterocycles. The van der Waals surface area contributed by atoms with Gasteiger partial charge in [0.1, 0.15) is 5.75 Å². The second kappa shape index (κ2) is 7.09. The van der Waals surface area contributed by atoms with Crippen LogP contribution in [0.25, 0.3) is 0 Å². The molecule has 0 radical (unpaired) electrons. The van der Waals surface area contributed by atoms with Crippen LogP contribution in [0.5, 0.6) is 5.75 Å². The second-order valence-electron chi connectivity index (χ2n) is 5.08.